The quantitative estimate of drug-likeness (QED) is 0.330. The number of carbonyl (C=O) groups excluding carboxylic acids is 1. The molecule has 7 heteroatoms. The van der Waals surface area contributed by atoms with Gasteiger partial charge in [-0.25, -0.2) is 9.78 Å². The summed E-state index contributed by atoms with van der Waals surface area (Å²) in [5.74, 6) is 0.420. The maximum Gasteiger partial charge on any atom is 0.344 e. The van der Waals surface area contributed by atoms with Gasteiger partial charge < -0.3 is 9.47 Å². The Balaban J connectivity index is 1.76. The lowest BCUT2D eigenvalue weighted by Crippen LogP contribution is -2.20. The Morgan fingerprint density at radius 1 is 1.00 bits per heavy atom. The average Bonchev–Trinajstić information content (AvgIpc) is 2.83. The van der Waals surface area contributed by atoms with Crippen molar-refractivity contribution in [2.45, 2.75) is 6.92 Å². The van der Waals surface area contributed by atoms with Crippen LogP contribution in [0.4, 0.5) is 0 Å². The standard InChI is InChI=1S/C25H21N3O4/c1-2-31-23(29)17-32-22-15-9-6-12-19(22)16-26-28-24(18-10-4-3-5-11-18)27-21-14-8-7-13-20(21)25(28)30/h3-16H,2,17H2,1H3. The van der Waals surface area contributed by atoms with Crippen molar-refractivity contribution < 1.29 is 14.3 Å². The monoisotopic (exact) mass is 427 g/mol. The van der Waals surface area contributed by atoms with Gasteiger partial charge in [0.2, 0.25) is 0 Å². The van der Waals surface area contributed by atoms with Crippen molar-refractivity contribution in [3.63, 3.8) is 0 Å². The van der Waals surface area contributed by atoms with E-state index < -0.39 is 5.97 Å². The number of ether oxygens (including phenoxy) is 2. The fraction of sp³-hybridized carbons (Fsp3) is 0.120. The third-order valence-corrected chi connectivity index (χ3v) is 4.67. The normalized spacial score (nSPS) is 11.0. The van der Waals surface area contributed by atoms with E-state index in [1.54, 1.807) is 43.3 Å². The first kappa shape index (κ1) is 21.0. The van der Waals surface area contributed by atoms with Crippen LogP contribution in [0.5, 0.6) is 5.75 Å². The van der Waals surface area contributed by atoms with E-state index in [9.17, 15) is 9.59 Å². The predicted molar refractivity (Wildman–Crippen MR) is 123 cm³/mol. The molecule has 1 aromatic heterocycles. The highest BCUT2D eigenvalue weighted by molar-refractivity contribution is 5.84. The van der Waals surface area contributed by atoms with Crippen molar-refractivity contribution in [1.82, 2.24) is 9.66 Å². The van der Waals surface area contributed by atoms with Crippen molar-refractivity contribution in [3.05, 3.63) is 94.8 Å². The Hall–Kier alpha value is -4.26. The molecule has 0 radical (unpaired) electrons. The zero-order chi connectivity index (χ0) is 22.3. The van der Waals surface area contributed by atoms with Crippen LogP contribution >= 0.6 is 0 Å². The summed E-state index contributed by atoms with van der Waals surface area (Å²) in [6.45, 7) is 1.80. The second-order valence-corrected chi connectivity index (χ2v) is 6.81. The van der Waals surface area contributed by atoms with Gasteiger partial charge in [-0.2, -0.15) is 9.78 Å². The number of nitrogens with zero attached hydrogens (tertiary/aromatic N) is 3. The van der Waals surface area contributed by atoms with Gasteiger partial charge in [0.05, 0.1) is 23.7 Å². The van der Waals surface area contributed by atoms with Gasteiger partial charge in [-0.05, 0) is 31.2 Å². The number of esters is 1. The van der Waals surface area contributed by atoms with Crippen LogP contribution < -0.4 is 10.3 Å². The minimum Gasteiger partial charge on any atom is -0.481 e. The lowest BCUT2D eigenvalue weighted by molar-refractivity contribution is -0.145. The molecule has 0 bridgehead atoms. The van der Waals surface area contributed by atoms with E-state index in [1.165, 1.54) is 10.9 Å². The number of rotatable bonds is 7. The van der Waals surface area contributed by atoms with E-state index in [0.717, 1.165) is 5.56 Å². The summed E-state index contributed by atoms with van der Waals surface area (Å²) in [6, 6.07) is 23.7. The summed E-state index contributed by atoms with van der Waals surface area (Å²) in [6.07, 6.45) is 1.52. The molecule has 0 aliphatic carbocycles. The smallest absolute Gasteiger partial charge is 0.344 e. The Bertz CT molecular complexity index is 1330. The van der Waals surface area contributed by atoms with Gasteiger partial charge >= 0.3 is 5.97 Å². The summed E-state index contributed by atoms with van der Waals surface area (Å²) in [4.78, 5) is 29.6. The molecular weight excluding hydrogens is 406 g/mol. The minimum absolute atomic E-state index is 0.217. The molecule has 0 fully saturated rings. The number of hydrogen-bond donors (Lipinski definition) is 0. The molecular formula is C25H21N3O4. The number of hydrogen-bond acceptors (Lipinski definition) is 6. The van der Waals surface area contributed by atoms with E-state index in [0.29, 0.717) is 28.0 Å². The number of benzene rings is 3. The zero-order valence-electron chi connectivity index (χ0n) is 17.5. The molecule has 7 nitrogen and oxygen atoms in total. The van der Waals surface area contributed by atoms with Crippen LogP contribution in [0, 0.1) is 0 Å². The van der Waals surface area contributed by atoms with Crippen molar-refractivity contribution in [1.29, 1.82) is 0 Å². The first-order chi connectivity index (χ1) is 15.7. The molecule has 4 aromatic rings. The summed E-state index contributed by atoms with van der Waals surface area (Å²) >= 11 is 0. The van der Waals surface area contributed by atoms with Crippen molar-refractivity contribution in [2.24, 2.45) is 5.10 Å². The van der Waals surface area contributed by atoms with E-state index in [1.807, 2.05) is 42.5 Å². The molecule has 0 atom stereocenters. The van der Waals surface area contributed by atoms with Gasteiger partial charge in [0.25, 0.3) is 5.56 Å². The predicted octanol–water partition coefficient (Wildman–Crippen LogP) is 3.89. The summed E-state index contributed by atoms with van der Waals surface area (Å²) in [5, 5.41) is 4.92. The third-order valence-electron chi connectivity index (χ3n) is 4.67. The first-order valence-corrected chi connectivity index (χ1v) is 10.2. The summed E-state index contributed by atoms with van der Waals surface area (Å²) in [7, 11) is 0. The van der Waals surface area contributed by atoms with Gasteiger partial charge in [-0.3, -0.25) is 4.79 Å². The Morgan fingerprint density at radius 3 is 2.53 bits per heavy atom. The molecule has 160 valence electrons. The van der Waals surface area contributed by atoms with Crippen molar-refractivity contribution >= 4 is 23.1 Å². The van der Waals surface area contributed by atoms with Gasteiger partial charge in [-0.15, -0.1) is 0 Å². The average molecular weight is 427 g/mol. The molecule has 0 saturated carbocycles. The maximum atomic E-state index is 13.2. The van der Waals surface area contributed by atoms with Gasteiger partial charge in [0, 0.05) is 11.1 Å². The molecule has 1 heterocycles. The molecule has 3 aromatic carbocycles. The second-order valence-electron chi connectivity index (χ2n) is 6.81. The fourth-order valence-electron chi connectivity index (χ4n) is 3.18. The first-order valence-electron chi connectivity index (χ1n) is 10.2. The maximum absolute atomic E-state index is 13.2. The van der Waals surface area contributed by atoms with Crippen LogP contribution in [-0.2, 0) is 9.53 Å². The molecule has 0 aliphatic heterocycles. The lowest BCUT2D eigenvalue weighted by Gasteiger charge is -2.10. The molecule has 4 rings (SSSR count). The number of fused-ring (bicyclic) bond motifs is 1. The highest BCUT2D eigenvalue weighted by Crippen LogP contribution is 2.20. The molecule has 0 saturated heterocycles. The molecule has 32 heavy (non-hydrogen) atoms. The van der Waals surface area contributed by atoms with Crippen LogP contribution in [0.2, 0.25) is 0 Å². The SMILES string of the molecule is CCOC(=O)COc1ccccc1C=Nn1c(-c2ccccc2)nc2ccccc2c1=O. The second kappa shape index (κ2) is 9.70. The van der Waals surface area contributed by atoms with Crippen molar-refractivity contribution in [3.8, 4) is 17.1 Å². The van der Waals surface area contributed by atoms with Crippen LogP contribution in [0.3, 0.4) is 0 Å². The molecule has 0 spiro atoms. The topological polar surface area (TPSA) is 82.8 Å². The minimum atomic E-state index is -0.458. The van der Waals surface area contributed by atoms with E-state index in [4.69, 9.17) is 9.47 Å². The number of aromatic nitrogens is 2. The Kier molecular flexibility index (Phi) is 6.36. The molecule has 0 amide bonds. The molecule has 0 N–H and O–H groups in total. The largest absolute Gasteiger partial charge is 0.481 e. The number of carbonyl (C=O) groups is 1. The third kappa shape index (κ3) is 4.57. The molecule has 0 aliphatic rings. The van der Waals surface area contributed by atoms with E-state index >= 15 is 0 Å². The Labute approximate surface area is 184 Å². The highest BCUT2D eigenvalue weighted by atomic mass is 16.6. The highest BCUT2D eigenvalue weighted by Gasteiger charge is 2.12. The van der Waals surface area contributed by atoms with Gasteiger partial charge in [0.15, 0.2) is 12.4 Å². The van der Waals surface area contributed by atoms with Crippen LogP contribution in [0.15, 0.2) is 88.8 Å². The van der Waals surface area contributed by atoms with Gasteiger partial charge in [-0.1, -0.05) is 54.6 Å². The molecule has 0 unspecified atom stereocenters. The number of para-hydroxylation sites is 2. The van der Waals surface area contributed by atoms with Crippen LogP contribution in [0.25, 0.3) is 22.3 Å². The zero-order valence-corrected chi connectivity index (χ0v) is 17.5. The lowest BCUT2D eigenvalue weighted by atomic mass is 10.2. The Morgan fingerprint density at radius 2 is 1.72 bits per heavy atom. The van der Waals surface area contributed by atoms with Crippen LogP contribution in [-0.4, -0.2) is 35.1 Å². The van der Waals surface area contributed by atoms with E-state index in [2.05, 4.69) is 10.1 Å². The summed E-state index contributed by atoms with van der Waals surface area (Å²) in [5.41, 5.74) is 1.69. The van der Waals surface area contributed by atoms with E-state index in [-0.39, 0.29) is 18.8 Å². The van der Waals surface area contributed by atoms with Crippen molar-refractivity contribution in [2.75, 3.05) is 13.2 Å². The van der Waals surface area contributed by atoms with Crippen LogP contribution in [0.1, 0.15) is 12.5 Å². The fourth-order valence-corrected chi connectivity index (χ4v) is 3.18. The summed E-state index contributed by atoms with van der Waals surface area (Å²) < 4.78 is 11.8. The van der Waals surface area contributed by atoms with Gasteiger partial charge in [0.1, 0.15) is 5.75 Å².